The van der Waals surface area contributed by atoms with Gasteiger partial charge in [-0.25, -0.2) is 0 Å². The fraction of sp³-hybridized carbons (Fsp3) is 0.609. The average molecular weight is 410 g/mol. The topological polar surface area (TPSA) is 63.4 Å². The predicted octanol–water partition coefficient (Wildman–Crippen LogP) is 1.78. The van der Waals surface area contributed by atoms with Crippen molar-refractivity contribution in [3.63, 3.8) is 0 Å². The number of pyridine rings is 1. The summed E-state index contributed by atoms with van der Waals surface area (Å²) in [6, 6.07) is 4.09. The first-order valence-corrected chi connectivity index (χ1v) is 11.1. The summed E-state index contributed by atoms with van der Waals surface area (Å²) in [5.41, 5.74) is 5.12. The second-order valence-corrected chi connectivity index (χ2v) is 9.55. The first-order chi connectivity index (χ1) is 14.4. The average Bonchev–Trinajstić information content (AvgIpc) is 3.05. The maximum Gasteiger partial charge on any atom is 0.272 e. The molecule has 0 saturated carbocycles. The largest absolute Gasteiger partial charge is 0.336 e. The van der Waals surface area contributed by atoms with E-state index in [0.29, 0.717) is 25.6 Å². The number of aromatic nitrogens is 3. The van der Waals surface area contributed by atoms with Crippen LogP contribution in [0.3, 0.4) is 0 Å². The van der Waals surface area contributed by atoms with E-state index in [0.717, 1.165) is 66.9 Å². The number of rotatable bonds is 3. The Morgan fingerprint density at radius 1 is 1.17 bits per heavy atom. The number of carbonyl (C=O) groups is 1. The van der Waals surface area contributed by atoms with Gasteiger partial charge in [0.15, 0.2) is 0 Å². The summed E-state index contributed by atoms with van der Waals surface area (Å²) < 4.78 is 3.78. The fourth-order valence-corrected chi connectivity index (χ4v) is 5.72. The van der Waals surface area contributed by atoms with Gasteiger partial charge in [0.2, 0.25) is 0 Å². The number of carbonyl (C=O) groups excluding carboxylic acids is 1. The van der Waals surface area contributed by atoms with E-state index in [4.69, 9.17) is 0 Å². The van der Waals surface area contributed by atoms with E-state index in [1.165, 1.54) is 0 Å². The molecule has 7 nitrogen and oxygen atoms in total. The van der Waals surface area contributed by atoms with E-state index in [1.54, 1.807) is 4.68 Å². The molecule has 5 rings (SSSR count). The number of likely N-dealkylation sites (tertiary alicyclic amines) is 1. The van der Waals surface area contributed by atoms with Gasteiger partial charge in [0.1, 0.15) is 5.69 Å². The molecule has 0 radical (unpaired) electrons. The molecular formula is C23H31N5O2. The molecule has 0 aromatic carbocycles. The Bertz CT molecular complexity index is 1050. The summed E-state index contributed by atoms with van der Waals surface area (Å²) in [4.78, 5) is 30.6. The Kier molecular flexibility index (Phi) is 4.81. The summed E-state index contributed by atoms with van der Waals surface area (Å²) in [6.45, 7) is 2.77. The minimum Gasteiger partial charge on any atom is -0.336 e. The van der Waals surface area contributed by atoms with E-state index in [9.17, 15) is 9.59 Å². The molecule has 30 heavy (non-hydrogen) atoms. The van der Waals surface area contributed by atoms with E-state index < -0.39 is 0 Å². The van der Waals surface area contributed by atoms with Gasteiger partial charge in [-0.05, 0) is 58.2 Å². The Labute approximate surface area is 177 Å². The van der Waals surface area contributed by atoms with Crippen molar-refractivity contribution in [2.75, 3.05) is 27.2 Å². The summed E-state index contributed by atoms with van der Waals surface area (Å²) in [5.74, 6) is 0.672. The van der Waals surface area contributed by atoms with Crippen LogP contribution in [-0.4, -0.2) is 57.2 Å². The van der Waals surface area contributed by atoms with Crippen LogP contribution in [0.5, 0.6) is 0 Å². The molecule has 1 aliphatic carbocycles. The van der Waals surface area contributed by atoms with Crippen LogP contribution < -0.4 is 5.56 Å². The zero-order valence-corrected chi connectivity index (χ0v) is 18.2. The molecule has 0 spiro atoms. The lowest BCUT2D eigenvalue weighted by Gasteiger charge is -2.43. The lowest BCUT2D eigenvalue weighted by atomic mass is 9.82. The lowest BCUT2D eigenvalue weighted by Crippen LogP contribution is -2.50. The van der Waals surface area contributed by atoms with E-state index in [1.807, 2.05) is 41.6 Å². The molecule has 2 atom stereocenters. The maximum atomic E-state index is 13.5. The second-order valence-electron chi connectivity index (χ2n) is 9.55. The highest BCUT2D eigenvalue weighted by atomic mass is 16.2. The molecule has 0 N–H and O–H groups in total. The number of nitrogens with zero attached hydrogens (tertiary/aromatic N) is 5. The van der Waals surface area contributed by atoms with E-state index in [-0.39, 0.29) is 17.4 Å². The number of hydrogen-bond acceptors (Lipinski definition) is 4. The van der Waals surface area contributed by atoms with Gasteiger partial charge in [-0.2, -0.15) is 5.10 Å². The van der Waals surface area contributed by atoms with Gasteiger partial charge in [-0.3, -0.25) is 14.3 Å². The van der Waals surface area contributed by atoms with Crippen LogP contribution in [0.25, 0.3) is 0 Å². The molecular weight excluding hydrogens is 378 g/mol. The number of amides is 1. The van der Waals surface area contributed by atoms with Crippen LogP contribution in [-0.2, 0) is 33.0 Å². The number of fused-ring (bicyclic) bond motifs is 5. The van der Waals surface area contributed by atoms with Crippen LogP contribution in [0.2, 0.25) is 0 Å². The van der Waals surface area contributed by atoms with Gasteiger partial charge in [-0.15, -0.1) is 0 Å². The lowest BCUT2D eigenvalue weighted by molar-refractivity contribution is 0.0582. The number of piperidine rings is 1. The van der Waals surface area contributed by atoms with Crippen LogP contribution in [0.1, 0.15) is 58.2 Å². The molecule has 2 aromatic rings. The molecule has 2 aliphatic heterocycles. The first kappa shape index (κ1) is 19.5. The van der Waals surface area contributed by atoms with Gasteiger partial charge in [0.25, 0.3) is 11.5 Å². The molecule has 1 saturated heterocycles. The zero-order chi connectivity index (χ0) is 21.0. The van der Waals surface area contributed by atoms with Crippen molar-refractivity contribution in [3.8, 4) is 0 Å². The normalized spacial score (nSPS) is 22.7. The minimum atomic E-state index is 0.114. The van der Waals surface area contributed by atoms with Crippen LogP contribution >= 0.6 is 0 Å². The molecule has 2 aromatic heterocycles. The maximum absolute atomic E-state index is 13.5. The Morgan fingerprint density at radius 2 is 1.97 bits per heavy atom. The van der Waals surface area contributed by atoms with E-state index >= 15 is 0 Å². The molecule has 1 amide bonds. The third-order valence-electron chi connectivity index (χ3n) is 6.98. The summed E-state index contributed by atoms with van der Waals surface area (Å²) >= 11 is 0. The van der Waals surface area contributed by atoms with Crippen LogP contribution in [0.4, 0.5) is 0 Å². The highest BCUT2D eigenvalue weighted by molar-refractivity contribution is 5.94. The van der Waals surface area contributed by atoms with Crippen molar-refractivity contribution in [2.24, 2.45) is 13.0 Å². The predicted molar refractivity (Wildman–Crippen MR) is 115 cm³/mol. The van der Waals surface area contributed by atoms with Crippen molar-refractivity contribution in [2.45, 2.75) is 51.1 Å². The fourth-order valence-electron chi connectivity index (χ4n) is 5.72. The number of aryl methyl sites for hydroxylation is 2. The molecule has 1 fully saturated rings. The Morgan fingerprint density at radius 3 is 2.77 bits per heavy atom. The first-order valence-electron chi connectivity index (χ1n) is 11.1. The monoisotopic (exact) mass is 409 g/mol. The van der Waals surface area contributed by atoms with Gasteiger partial charge in [0.05, 0.1) is 5.69 Å². The number of hydrogen-bond donors (Lipinski definition) is 0. The molecule has 3 aliphatic rings. The van der Waals surface area contributed by atoms with Crippen molar-refractivity contribution in [3.05, 3.63) is 50.7 Å². The standard InChI is InChI=1S/C23H31N5O2/c1-25(2)13-16-8-9-20-17-10-15(12-28(20)22(16)29)11-27(14-17)23(30)21-18-6-4-5-7-19(18)24-26(21)3/h8-9,15,17H,4-7,10-14H2,1-3H3/t15-,17+/m0/s1. The third kappa shape index (κ3) is 3.20. The smallest absolute Gasteiger partial charge is 0.272 e. The van der Waals surface area contributed by atoms with Crippen molar-refractivity contribution >= 4 is 5.91 Å². The van der Waals surface area contributed by atoms with Gasteiger partial charge >= 0.3 is 0 Å². The third-order valence-corrected chi connectivity index (χ3v) is 6.98. The Hall–Kier alpha value is -2.41. The van der Waals surface area contributed by atoms with Gasteiger partial charge in [0, 0.05) is 56.0 Å². The van der Waals surface area contributed by atoms with Crippen molar-refractivity contribution in [1.29, 1.82) is 0 Å². The minimum absolute atomic E-state index is 0.114. The molecule has 160 valence electrons. The molecule has 2 bridgehead atoms. The van der Waals surface area contributed by atoms with Gasteiger partial charge in [-0.1, -0.05) is 6.07 Å². The zero-order valence-electron chi connectivity index (χ0n) is 18.2. The quantitative estimate of drug-likeness (QED) is 0.775. The summed E-state index contributed by atoms with van der Waals surface area (Å²) in [6.07, 6.45) is 5.29. The Balaban J connectivity index is 1.43. The molecule has 0 unspecified atom stereocenters. The summed E-state index contributed by atoms with van der Waals surface area (Å²) in [7, 11) is 5.87. The summed E-state index contributed by atoms with van der Waals surface area (Å²) in [5, 5.41) is 4.64. The van der Waals surface area contributed by atoms with Crippen LogP contribution in [0.15, 0.2) is 16.9 Å². The highest BCUT2D eigenvalue weighted by Crippen LogP contribution is 2.36. The second kappa shape index (κ2) is 7.38. The molecule has 7 heteroatoms. The highest BCUT2D eigenvalue weighted by Gasteiger charge is 2.38. The van der Waals surface area contributed by atoms with Crippen molar-refractivity contribution in [1.82, 2.24) is 24.1 Å². The SMILES string of the molecule is CN(C)Cc1ccc2n(c1=O)C[C@H]1C[C@@H]2CN(C(=O)c2c3c(nn2C)CCCC3)C1. The van der Waals surface area contributed by atoms with Crippen molar-refractivity contribution < 1.29 is 4.79 Å². The van der Waals surface area contributed by atoms with Crippen LogP contribution in [0, 0.1) is 5.92 Å². The van der Waals surface area contributed by atoms with Gasteiger partial charge < -0.3 is 14.4 Å². The molecule has 4 heterocycles. The van der Waals surface area contributed by atoms with E-state index in [2.05, 4.69) is 11.2 Å².